The van der Waals surface area contributed by atoms with E-state index in [4.69, 9.17) is 9.47 Å². The Labute approximate surface area is 104 Å². The maximum absolute atomic E-state index is 11.4. The van der Waals surface area contributed by atoms with Crippen LogP contribution < -0.4 is 10.6 Å². The summed E-state index contributed by atoms with van der Waals surface area (Å²) in [5.41, 5.74) is 0. The zero-order chi connectivity index (χ0) is 11.5. The molecule has 0 rings (SSSR count). The number of carbonyl (C=O) groups is 1. The van der Waals surface area contributed by atoms with Crippen LogP contribution in [0.2, 0.25) is 0 Å². The van der Waals surface area contributed by atoms with Gasteiger partial charge in [0.25, 0.3) is 0 Å². The molecular formula is C10H23ClN2O3. The molecule has 98 valence electrons. The molecule has 1 atom stereocenters. The van der Waals surface area contributed by atoms with Crippen molar-refractivity contribution in [3.8, 4) is 0 Å². The third kappa shape index (κ3) is 10.2. The largest absolute Gasteiger partial charge is 0.382 e. The summed E-state index contributed by atoms with van der Waals surface area (Å²) in [7, 11) is 3.46. The third-order valence-electron chi connectivity index (χ3n) is 1.94. The molecule has 0 aliphatic carbocycles. The molecule has 0 aromatic carbocycles. The first-order valence-electron chi connectivity index (χ1n) is 5.21. The molecule has 0 aliphatic heterocycles. The Balaban J connectivity index is 0. The van der Waals surface area contributed by atoms with Gasteiger partial charge in [-0.3, -0.25) is 4.79 Å². The van der Waals surface area contributed by atoms with E-state index in [0.717, 1.165) is 0 Å². The molecular weight excluding hydrogens is 232 g/mol. The molecule has 0 heterocycles. The normalized spacial score (nSPS) is 11.7. The molecule has 2 N–H and O–H groups in total. The number of carbonyl (C=O) groups excluding carboxylic acids is 1. The minimum Gasteiger partial charge on any atom is -0.382 e. The second kappa shape index (κ2) is 12.7. The van der Waals surface area contributed by atoms with Gasteiger partial charge in [-0.2, -0.15) is 0 Å². The van der Waals surface area contributed by atoms with Gasteiger partial charge in [0.2, 0.25) is 5.91 Å². The van der Waals surface area contributed by atoms with Gasteiger partial charge in [-0.15, -0.1) is 12.4 Å². The highest BCUT2D eigenvalue weighted by Gasteiger charge is 2.10. The lowest BCUT2D eigenvalue weighted by atomic mass is 10.1. The molecule has 16 heavy (non-hydrogen) atoms. The van der Waals surface area contributed by atoms with E-state index in [2.05, 4.69) is 10.6 Å². The van der Waals surface area contributed by atoms with Crippen LogP contribution in [-0.4, -0.2) is 53.0 Å². The summed E-state index contributed by atoms with van der Waals surface area (Å²) in [5.74, 6) is 0.0497. The Morgan fingerprint density at radius 2 is 2.00 bits per heavy atom. The summed E-state index contributed by atoms with van der Waals surface area (Å²) in [6.07, 6.45) is 0. The molecule has 0 spiro atoms. The van der Waals surface area contributed by atoms with Crippen molar-refractivity contribution in [1.29, 1.82) is 0 Å². The van der Waals surface area contributed by atoms with Gasteiger partial charge < -0.3 is 20.1 Å². The average molecular weight is 255 g/mol. The topological polar surface area (TPSA) is 59.6 Å². The van der Waals surface area contributed by atoms with Crippen LogP contribution in [0.15, 0.2) is 0 Å². The van der Waals surface area contributed by atoms with Crippen molar-refractivity contribution < 1.29 is 14.3 Å². The van der Waals surface area contributed by atoms with Crippen molar-refractivity contribution in [3.63, 3.8) is 0 Å². The summed E-state index contributed by atoms with van der Waals surface area (Å²) in [5, 5.41) is 5.76. The van der Waals surface area contributed by atoms with Crippen molar-refractivity contribution in [2.24, 2.45) is 5.92 Å². The van der Waals surface area contributed by atoms with Crippen LogP contribution in [-0.2, 0) is 14.3 Å². The standard InChI is InChI=1S/C10H22N2O3.ClH/c1-9(8-11-2)10(13)12-4-5-15-7-6-14-3;/h9,11H,4-8H2,1-3H3,(H,12,13);1H. The van der Waals surface area contributed by atoms with E-state index in [1.807, 2.05) is 14.0 Å². The number of methoxy groups -OCH3 is 1. The molecule has 0 fully saturated rings. The Morgan fingerprint density at radius 1 is 1.31 bits per heavy atom. The molecule has 0 aliphatic rings. The van der Waals surface area contributed by atoms with Gasteiger partial charge in [0.05, 0.1) is 19.8 Å². The average Bonchev–Trinajstić information content (AvgIpc) is 2.23. The maximum Gasteiger partial charge on any atom is 0.224 e. The number of hydrogen-bond donors (Lipinski definition) is 2. The predicted octanol–water partition coefficient (Wildman–Crippen LogP) is 0.0429. The summed E-state index contributed by atoms with van der Waals surface area (Å²) in [6.45, 7) is 4.81. The SMILES string of the molecule is CNCC(C)C(=O)NCCOCCOC.Cl. The Morgan fingerprint density at radius 3 is 2.56 bits per heavy atom. The number of halogens is 1. The van der Waals surface area contributed by atoms with Crippen molar-refractivity contribution in [2.45, 2.75) is 6.92 Å². The number of rotatable bonds is 9. The number of ether oxygens (including phenoxy) is 2. The smallest absolute Gasteiger partial charge is 0.224 e. The van der Waals surface area contributed by atoms with Gasteiger partial charge in [0.15, 0.2) is 0 Å². The van der Waals surface area contributed by atoms with Crippen LogP contribution in [0.25, 0.3) is 0 Å². The lowest BCUT2D eigenvalue weighted by molar-refractivity contribution is -0.124. The quantitative estimate of drug-likeness (QED) is 0.571. The highest BCUT2D eigenvalue weighted by Crippen LogP contribution is 1.90. The molecule has 1 amide bonds. The first-order chi connectivity index (χ1) is 7.22. The molecule has 0 aromatic rings. The van der Waals surface area contributed by atoms with E-state index in [1.54, 1.807) is 7.11 Å². The van der Waals surface area contributed by atoms with E-state index in [-0.39, 0.29) is 24.2 Å². The van der Waals surface area contributed by atoms with Crippen molar-refractivity contribution in [1.82, 2.24) is 10.6 Å². The number of hydrogen-bond acceptors (Lipinski definition) is 4. The molecule has 5 nitrogen and oxygen atoms in total. The van der Waals surface area contributed by atoms with Gasteiger partial charge >= 0.3 is 0 Å². The second-order valence-electron chi connectivity index (χ2n) is 3.35. The monoisotopic (exact) mass is 254 g/mol. The third-order valence-corrected chi connectivity index (χ3v) is 1.94. The lowest BCUT2D eigenvalue weighted by Crippen LogP contribution is -2.36. The second-order valence-corrected chi connectivity index (χ2v) is 3.35. The van der Waals surface area contributed by atoms with Crippen molar-refractivity contribution in [2.75, 3.05) is 47.1 Å². The van der Waals surface area contributed by atoms with E-state index in [1.165, 1.54) is 0 Å². The van der Waals surface area contributed by atoms with E-state index < -0.39 is 0 Å². The van der Waals surface area contributed by atoms with Crippen LogP contribution in [0.3, 0.4) is 0 Å². The van der Waals surface area contributed by atoms with Crippen LogP contribution in [0, 0.1) is 5.92 Å². The molecule has 1 unspecified atom stereocenters. The highest BCUT2D eigenvalue weighted by molar-refractivity contribution is 5.85. The van der Waals surface area contributed by atoms with Crippen molar-refractivity contribution >= 4 is 18.3 Å². The Bertz CT molecular complexity index is 170. The highest BCUT2D eigenvalue weighted by atomic mass is 35.5. The Hall–Kier alpha value is -0.360. The summed E-state index contributed by atoms with van der Waals surface area (Å²) < 4.78 is 10.0. The minimum absolute atomic E-state index is 0. The molecule has 0 saturated carbocycles. The fourth-order valence-corrected chi connectivity index (χ4v) is 1.06. The Kier molecular flexibility index (Phi) is 14.3. The number of nitrogens with one attached hydrogen (secondary N) is 2. The maximum atomic E-state index is 11.4. The van der Waals surface area contributed by atoms with Crippen molar-refractivity contribution in [3.05, 3.63) is 0 Å². The first-order valence-corrected chi connectivity index (χ1v) is 5.21. The van der Waals surface area contributed by atoms with Gasteiger partial charge in [-0.25, -0.2) is 0 Å². The molecule has 6 heteroatoms. The zero-order valence-corrected chi connectivity index (χ0v) is 11.1. The van der Waals surface area contributed by atoms with Gasteiger partial charge in [0, 0.05) is 26.1 Å². The van der Waals surface area contributed by atoms with Gasteiger partial charge in [-0.05, 0) is 7.05 Å². The first kappa shape index (κ1) is 18.0. The van der Waals surface area contributed by atoms with E-state index in [0.29, 0.717) is 32.9 Å². The lowest BCUT2D eigenvalue weighted by Gasteiger charge is -2.11. The molecule has 0 bridgehead atoms. The van der Waals surface area contributed by atoms with E-state index >= 15 is 0 Å². The minimum atomic E-state index is -0.00558. The predicted molar refractivity (Wildman–Crippen MR) is 66.0 cm³/mol. The van der Waals surface area contributed by atoms with E-state index in [9.17, 15) is 4.79 Å². The zero-order valence-electron chi connectivity index (χ0n) is 10.2. The molecule has 0 saturated heterocycles. The van der Waals surface area contributed by atoms with Crippen LogP contribution in [0.5, 0.6) is 0 Å². The summed E-state index contributed by atoms with van der Waals surface area (Å²) in [6, 6.07) is 0. The van der Waals surface area contributed by atoms with Crippen LogP contribution >= 0.6 is 12.4 Å². The summed E-state index contributed by atoms with van der Waals surface area (Å²) >= 11 is 0. The fourth-order valence-electron chi connectivity index (χ4n) is 1.06. The molecule has 0 aromatic heterocycles. The number of amides is 1. The molecule has 0 radical (unpaired) electrons. The fraction of sp³-hybridized carbons (Fsp3) is 0.900. The van der Waals surface area contributed by atoms with Crippen LogP contribution in [0.4, 0.5) is 0 Å². The summed E-state index contributed by atoms with van der Waals surface area (Å²) in [4.78, 5) is 11.4. The van der Waals surface area contributed by atoms with Gasteiger partial charge in [-0.1, -0.05) is 6.92 Å². The van der Waals surface area contributed by atoms with Gasteiger partial charge in [0.1, 0.15) is 0 Å². The van der Waals surface area contributed by atoms with Crippen LogP contribution in [0.1, 0.15) is 6.92 Å².